The van der Waals surface area contributed by atoms with Crippen LogP contribution in [0.2, 0.25) is 0 Å². The van der Waals surface area contributed by atoms with E-state index in [1.807, 2.05) is 19.1 Å². The predicted molar refractivity (Wildman–Crippen MR) is 142 cm³/mol. The molecule has 0 bridgehead atoms. The van der Waals surface area contributed by atoms with Crippen LogP contribution in [0.5, 0.6) is 11.6 Å². The SMILES string of the molecule is COc1cnc2c(-c3nc4cc(F)c(OC(C)COC(=O)Nc5cnc(CO)nc5)cc4s3)cc(C)cc2n1. The molecule has 1 unspecified atom stereocenters. The molecule has 0 radical (unpaired) electrons. The van der Waals surface area contributed by atoms with Gasteiger partial charge < -0.3 is 19.3 Å². The zero-order valence-electron chi connectivity index (χ0n) is 21.1. The summed E-state index contributed by atoms with van der Waals surface area (Å²) in [7, 11) is 1.53. The number of carbonyl (C=O) groups is 1. The molecule has 0 aliphatic carbocycles. The van der Waals surface area contributed by atoms with Crippen LogP contribution in [-0.2, 0) is 11.3 Å². The normalized spacial score (nSPS) is 11.9. The zero-order chi connectivity index (χ0) is 27.5. The molecule has 0 aliphatic heterocycles. The van der Waals surface area contributed by atoms with Crippen molar-refractivity contribution in [1.82, 2.24) is 24.9 Å². The number of nitrogens with zero attached hydrogens (tertiary/aromatic N) is 5. The Balaban J connectivity index is 1.30. The van der Waals surface area contributed by atoms with Crippen LogP contribution in [0.3, 0.4) is 0 Å². The molecule has 0 aliphatic rings. The molecule has 3 aromatic heterocycles. The molecular formula is C26H23FN6O5S. The molecule has 5 rings (SSSR count). The van der Waals surface area contributed by atoms with Gasteiger partial charge >= 0.3 is 6.09 Å². The quantitative estimate of drug-likeness (QED) is 0.280. The van der Waals surface area contributed by atoms with Crippen molar-refractivity contribution in [3.8, 4) is 22.2 Å². The molecule has 2 N–H and O–H groups in total. The van der Waals surface area contributed by atoms with Gasteiger partial charge in [0.2, 0.25) is 5.88 Å². The molecule has 3 heterocycles. The number of benzene rings is 2. The number of anilines is 1. The third kappa shape index (κ3) is 5.84. The first-order chi connectivity index (χ1) is 18.8. The lowest BCUT2D eigenvalue weighted by atomic mass is 10.1. The van der Waals surface area contributed by atoms with E-state index in [0.29, 0.717) is 33.1 Å². The second-order valence-electron chi connectivity index (χ2n) is 8.56. The van der Waals surface area contributed by atoms with Crippen LogP contribution in [0.25, 0.3) is 31.8 Å². The van der Waals surface area contributed by atoms with Gasteiger partial charge in [0.15, 0.2) is 17.4 Å². The number of methoxy groups -OCH3 is 1. The number of amides is 1. The largest absolute Gasteiger partial charge is 0.484 e. The van der Waals surface area contributed by atoms with E-state index in [0.717, 1.165) is 15.8 Å². The third-order valence-corrected chi connectivity index (χ3v) is 6.57. The number of rotatable bonds is 8. The Bertz CT molecular complexity index is 1660. The van der Waals surface area contributed by atoms with Crippen LogP contribution >= 0.6 is 11.3 Å². The van der Waals surface area contributed by atoms with Gasteiger partial charge in [0.1, 0.15) is 24.3 Å². The topological polar surface area (TPSA) is 141 Å². The molecule has 39 heavy (non-hydrogen) atoms. The van der Waals surface area contributed by atoms with Gasteiger partial charge in [0.25, 0.3) is 0 Å². The molecule has 1 amide bonds. The van der Waals surface area contributed by atoms with E-state index >= 15 is 0 Å². The van der Waals surface area contributed by atoms with E-state index in [-0.39, 0.29) is 24.8 Å². The summed E-state index contributed by atoms with van der Waals surface area (Å²) in [5.74, 6) is 0.0642. The summed E-state index contributed by atoms with van der Waals surface area (Å²) in [5.41, 5.74) is 3.88. The van der Waals surface area contributed by atoms with Crippen molar-refractivity contribution in [2.24, 2.45) is 0 Å². The standard InChI is InChI=1S/C26H23FN6O5S/c1-13-4-16(24-19(5-13)32-23(36-3)10-30-24)25-33-18-6-17(27)20(7-21(18)39-25)38-14(2)12-37-26(35)31-15-8-28-22(11-34)29-9-15/h4-10,14,34H,11-12H2,1-3H3,(H,31,35). The van der Waals surface area contributed by atoms with E-state index in [1.54, 1.807) is 19.2 Å². The summed E-state index contributed by atoms with van der Waals surface area (Å²) < 4.78 is 31.7. The van der Waals surface area contributed by atoms with Crippen molar-refractivity contribution in [1.29, 1.82) is 0 Å². The van der Waals surface area contributed by atoms with E-state index in [1.165, 1.54) is 36.9 Å². The van der Waals surface area contributed by atoms with Crippen molar-refractivity contribution in [3.05, 3.63) is 60.1 Å². The number of thiazole rings is 1. The van der Waals surface area contributed by atoms with Gasteiger partial charge in [-0.2, -0.15) is 0 Å². The average molecular weight is 551 g/mol. The fraction of sp³-hybridized carbons (Fsp3) is 0.231. The number of ether oxygens (including phenoxy) is 3. The Morgan fingerprint density at radius 2 is 1.90 bits per heavy atom. The Labute approximate surface area is 225 Å². The number of hydrogen-bond acceptors (Lipinski definition) is 11. The number of aryl methyl sites for hydroxylation is 1. The van der Waals surface area contributed by atoms with Gasteiger partial charge in [-0.1, -0.05) is 0 Å². The number of halogens is 1. The van der Waals surface area contributed by atoms with Gasteiger partial charge in [-0.3, -0.25) is 5.32 Å². The van der Waals surface area contributed by atoms with E-state index in [9.17, 15) is 9.18 Å². The van der Waals surface area contributed by atoms with Gasteiger partial charge in [-0.05, 0) is 31.5 Å². The minimum absolute atomic E-state index is 0.0147. The van der Waals surface area contributed by atoms with Crippen LogP contribution in [0, 0.1) is 12.7 Å². The van der Waals surface area contributed by atoms with Gasteiger partial charge in [-0.25, -0.2) is 34.1 Å². The first-order valence-electron chi connectivity index (χ1n) is 11.8. The van der Waals surface area contributed by atoms with Crippen molar-refractivity contribution < 1.29 is 28.5 Å². The highest BCUT2D eigenvalue weighted by Crippen LogP contribution is 2.37. The maximum atomic E-state index is 14.9. The number of fused-ring (bicyclic) bond motifs is 2. The van der Waals surface area contributed by atoms with Gasteiger partial charge in [0, 0.05) is 17.7 Å². The van der Waals surface area contributed by atoms with Crippen molar-refractivity contribution in [2.45, 2.75) is 26.6 Å². The summed E-state index contributed by atoms with van der Waals surface area (Å²) in [4.78, 5) is 33.4. The second kappa shape index (κ2) is 11.1. The lowest BCUT2D eigenvalue weighted by molar-refractivity contribution is 0.0969. The maximum absolute atomic E-state index is 14.9. The highest BCUT2D eigenvalue weighted by molar-refractivity contribution is 7.21. The smallest absolute Gasteiger partial charge is 0.411 e. The molecular weight excluding hydrogens is 527 g/mol. The van der Waals surface area contributed by atoms with Crippen molar-refractivity contribution in [3.63, 3.8) is 0 Å². The Morgan fingerprint density at radius 1 is 1.10 bits per heavy atom. The molecule has 11 nitrogen and oxygen atoms in total. The van der Waals surface area contributed by atoms with E-state index < -0.39 is 18.0 Å². The summed E-state index contributed by atoms with van der Waals surface area (Å²) in [5, 5.41) is 12.1. The molecule has 0 saturated carbocycles. The number of aliphatic hydroxyl groups excluding tert-OH is 1. The number of carbonyl (C=O) groups excluding carboxylic acids is 1. The second-order valence-corrected chi connectivity index (χ2v) is 9.59. The number of aromatic nitrogens is 5. The predicted octanol–water partition coefficient (Wildman–Crippen LogP) is 4.66. The van der Waals surface area contributed by atoms with Gasteiger partial charge in [0.05, 0.1) is 52.6 Å². The third-order valence-electron chi connectivity index (χ3n) is 5.52. The van der Waals surface area contributed by atoms with Crippen LogP contribution in [0.15, 0.2) is 42.9 Å². The summed E-state index contributed by atoms with van der Waals surface area (Å²) in [6.45, 7) is 3.16. The van der Waals surface area contributed by atoms with Crippen LogP contribution < -0.4 is 14.8 Å². The summed E-state index contributed by atoms with van der Waals surface area (Å²) in [6.07, 6.45) is 2.84. The monoisotopic (exact) mass is 550 g/mol. The summed E-state index contributed by atoms with van der Waals surface area (Å²) in [6, 6.07) is 6.77. The lowest BCUT2D eigenvalue weighted by Crippen LogP contribution is -2.24. The fourth-order valence-electron chi connectivity index (χ4n) is 3.74. The van der Waals surface area contributed by atoms with Gasteiger partial charge in [-0.15, -0.1) is 11.3 Å². The van der Waals surface area contributed by atoms with E-state index in [2.05, 4.69) is 30.2 Å². The molecule has 2 aromatic carbocycles. The van der Waals surface area contributed by atoms with Crippen LogP contribution in [0.4, 0.5) is 14.9 Å². The number of hydrogen-bond donors (Lipinski definition) is 2. The molecule has 200 valence electrons. The first-order valence-corrected chi connectivity index (χ1v) is 12.6. The van der Waals surface area contributed by atoms with E-state index in [4.69, 9.17) is 19.3 Å². The first kappa shape index (κ1) is 26.1. The lowest BCUT2D eigenvalue weighted by Gasteiger charge is -2.15. The highest BCUT2D eigenvalue weighted by atomic mass is 32.1. The highest BCUT2D eigenvalue weighted by Gasteiger charge is 2.17. The number of aliphatic hydroxyl groups is 1. The number of nitrogens with one attached hydrogen (secondary N) is 1. The molecule has 13 heteroatoms. The molecule has 0 saturated heterocycles. The Kier molecular flexibility index (Phi) is 7.43. The maximum Gasteiger partial charge on any atom is 0.411 e. The fourth-order valence-corrected chi connectivity index (χ4v) is 4.74. The zero-order valence-corrected chi connectivity index (χ0v) is 22.0. The Morgan fingerprint density at radius 3 is 2.64 bits per heavy atom. The molecule has 5 aromatic rings. The average Bonchev–Trinajstić information content (AvgIpc) is 3.34. The summed E-state index contributed by atoms with van der Waals surface area (Å²) >= 11 is 1.38. The molecule has 1 atom stereocenters. The Hall–Kier alpha value is -4.49. The van der Waals surface area contributed by atoms with Crippen LogP contribution in [0.1, 0.15) is 18.3 Å². The van der Waals surface area contributed by atoms with Crippen molar-refractivity contribution >= 4 is 44.4 Å². The van der Waals surface area contributed by atoms with Crippen molar-refractivity contribution in [2.75, 3.05) is 19.0 Å². The molecule has 0 spiro atoms. The molecule has 0 fully saturated rings. The minimum Gasteiger partial charge on any atom is -0.484 e. The minimum atomic E-state index is -0.750. The van der Waals surface area contributed by atoms with Crippen LogP contribution in [-0.4, -0.2) is 55.9 Å².